The van der Waals surface area contributed by atoms with Gasteiger partial charge in [-0.25, -0.2) is 13.2 Å². The molecule has 0 aliphatic heterocycles. The van der Waals surface area contributed by atoms with E-state index in [2.05, 4.69) is 6.58 Å². The molecule has 0 amide bonds. The number of hydrogen-bond acceptors (Lipinski definition) is 3. The minimum Gasteiger partial charge on any atom is -0.478 e. The number of alkyl halides is 9. The first-order chi connectivity index (χ1) is 11.2. The summed E-state index contributed by atoms with van der Waals surface area (Å²) in [6.07, 6.45) is -8.19. The zero-order valence-corrected chi connectivity index (χ0v) is 13.6. The Hall–Kier alpha value is -1.51. The van der Waals surface area contributed by atoms with Gasteiger partial charge in [-0.3, -0.25) is 0 Å². The van der Waals surface area contributed by atoms with Crippen molar-refractivity contribution in [1.82, 2.24) is 4.31 Å². The molecule has 1 N–H and O–H groups in total. The first-order valence-electron chi connectivity index (χ1n) is 6.32. The Morgan fingerprint density at radius 1 is 1.00 bits per heavy atom. The molecule has 26 heavy (non-hydrogen) atoms. The van der Waals surface area contributed by atoms with Crippen LogP contribution in [-0.4, -0.2) is 60.7 Å². The van der Waals surface area contributed by atoms with Crippen LogP contribution in [0.3, 0.4) is 0 Å². The van der Waals surface area contributed by atoms with Crippen molar-refractivity contribution in [1.29, 1.82) is 0 Å². The van der Waals surface area contributed by atoms with Crippen molar-refractivity contribution in [2.75, 3.05) is 13.6 Å². The van der Waals surface area contributed by atoms with E-state index in [1.165, 1.54) is 0 Å². The largest absolute Gasteiger partial charge is 0.478 e. The van der Waals surface area contributed by atoms with Crippen molar-refractivity contribution in [3.8, 4) is 0 Å². The Morgan fingerprint density at radius 3 is 1.77 bits per heavy atom. The average molecular weight is 425 g/mol. The number of rotatable bonds is 9. The van der Waals surface area contributed by atoms with E-state index in [4.69, 9.17) is 5.11 Å². The first-order valence-corrected chi connectivity index (χ1v) is 7.76. The molecular weight excluding hydrogens is 413 g/mol. The van der Waals surface area contributed by atoms with Gasteiger partial charge in [0.25, 0.3) is 10.0 Å². The van der Waals surface area contributed by atoms with Crippen LogP contribution in [0.25, 0.3) is 0 Å². The summed E-state index contributed by atoms with van der Waals surface area (Å²) in [6, 6.07) is 0. The highest BCUT2D eigenvalue weighted by Crippen LogP contribution is 2.55. The number of sulfonamides is 1. The molecule has 0 fully saturated rings. The Balaban J connectivity index is 5.61. The van der Waals surface area contributed by atoms with Gasteiger partial charge in [0.1, 0.15) is 0 Å². The molecule has 5 nitrogen and oxygen atoms in total. The SMILES string of the molecule is C=C(CCCN(C)S(=O)(=O)C(F)(F)C(F)(F)C(F)(F)C(F)(F)F)C(=O)O. The van der Waals surface area contributed by atoms with E-state index in [1.807, 2.05) is 0 Å². The molecule has 0 aromatic heterocycles. The maximum Gasteiger partial charge on any atom is 0.460 e. The smallest absolute Gasteiger partial charge is 0.460 e. The van der Waals surface area contributed by atoms with E-state index in [0.29, 0.717) is 0 Å². The van der Waals surface area contributed by atoms with Crippen molar-refractivity contribution >= 4 is 16.0 Å². The molecule has 0 aliphatic rings. The van der Waals surface area contributed by atoms with Gasteiger partial charge >= 0.3 is 29.2 Å². The van der Waals surface area contributed by atoms with Crippen molar-refractivity contribution in [2.24, 2.45) is 0 Å². The van der Waals surface area contributed by atoms with Gasteiger partial charge in [-0.1, -0.05) is 6.58 Å². The summed E-state index contributed by atoms with van der Waals surface area (Å²) in [4.78, 5) is 10.4. The topological polar surface area (TPSA) is 74.7 Å². The number of hydrogen-bond donors (Lipinski definition) is 1. The van der Waals surface area contributed by atoms with Gasteiger partial charge in [0.05, 0.1) is 0 Å². The summed E-state index contributed by atoms with van der Waals surface area (Å²) >= 11 is 0. The quantitative estimate of drug-likeness (QED) is 0.455. The van der Waals surface area contributed by atoms with Crippen molar-refractivity contribution in [2.45, 2.75) is 36.1 Å². The van der Waals surface area contributed by atoms with E-state index in [1.54, 1.807) is 0 Å². The maximum atomic E-state index is 13.5. The van der Waals surface area contributed by atoms with Crippen LogP contribution in [0.5, 0.6) is 0 Å². The molecule has 154 valence electrons. The predicted molar refractivity (Wildman–Crippen MR) is 68.5 cm³/mol. The third-order valence-corrected chi connectivity index (χ3v) is 5.01. The summed E-state index contributed by atoms with van der Waals surface area (Å²) in [5.74, 6) is -16.2. The number of halogens is 9. The molecule has 0 aliphatic carbocycles. The van der Waals surface area contributed by atoms with Crippen LogP contribution >= 0.6 is 0 Å². The van der Waals surface area contributed by atoms with E-state index in [0.717, 1.165) is 0 Å². The van der Waals surface area contributed by atoms with Crippen LogP contribution in [-0.2, 0) is 14.8 Å². The Labute approximate surface area is 141 Å². The van der Waals surface area contributed by atoms with Gasteiger partial charge in [0, 0.05) is 19.2 Å². The number of carbonyl (C=O) groups is 1. The van der Waals surface area contributed by atoms with Crippen molar-refractivity contribution < 1.29 is 57.8 Å². The summed E-state index contributed by atoms with van der Waals surface area (Å²) in [7, 11) is -6.43. The minimum absolute atomic E-state index is 0.231. The molecule has 0 heterocycles. The maximum absolute atomic E-state index is 13.5. The van der Waals surface area contributed by atoms with Gasteiger partial charge in [-0.05, 0) is 12.8 Å². The third-order valence-electron chi connectivity index (χ3n) is 3.10. The molecule has 0 radical (unpaired) electrons. The predicted octanol–water partition coefficient (Wildman–Crippen LogP) is 3.09. The first kappa shape index (κ1) is 24.5. The lowest BCUT2D eigenvalue weighted by atomic mass is 10.1. The van der Waals surface area contributed by atoms with Gasteiger partial charge in [0.15, 0.2) is 0 Å². The van der Waals surface area contributed by atoms with Crippen LogP contribution in [0.15, 0.2) is 12.2 Å². The fraction of sp³-hybridized carbons (Fsp3) is 0.727. The average Bonchev–Trinajstić information content (AvgIpc) is 2.44. The monoisotopic (exact) mass is 425 g/mol. The highest BCUT2D eigenvalue weighted by Gasteiger charge is 2.85. The van der Waals surface area contributed by atoms with Gasteiger partial charge in [-0.15, -0.1) is 0 Å². The third kappa shape index (κ3) is 4.07. The second-order valence-corrected chi connectivity index (χ2v) is 7.09. The molecule has 0 saturated carbocycles. The molecule has 0 saturated heterocycles. The number of carboxylic acids is 1. The fourth-order valence-corrected chi connectivity index (χ4v) is 2.67. The van der Waals surface area contributed by atoms with Gasteiger partial charge in [-0.2, -0.15) is 43.8 Å². The lowest BCUT2D eigenvalue weighted by Crippen LogP contribution is -2.65. The summed E-state index contributed by atoms with van der Waals surface area (Å²) in [5, 5.41) is 1.66. The molecule has 0 rings (SSSR count). The van der Waals surface area contributed by atoms with Gasteiger partial charge < -0.3 is 5.11 Å². The molecule has 0 bridgehead atoms. The Morgan fingerprint density at radius 2 is 1.42 bits per heavy atom. The molecule has 0 atom stereocenters. The van der Waals surface area contributed by atoms with E-state index in [-0.39, 0.29) is 7.05 Å². The molecular formula is C11H12F9NO4S. The second-order valence-electron chi connectivity index (χ2n) is 5.00. The van der Waals surface area contributed by atoms with Gasteiger partial charge in [0.2, 0.25) is 0 Å². The lowest BCUT2D eigenvalue weighted by Gasteiger charge is -2.34. The van der Waals surface area contributed by atoms with Crippen molar-refractivity contribution in [3.63, 3.8) is 0 Å². The van der Waals surface area contributed by atoms with Crippen LogP contribution in [0.4, 0.5) is 39.5 Å². The normalized spacial score (nSPS) is 14.6. The minimum atomic E-state index is -7.34. The zero-order valence-electron chi connectivity index (χ0n) is 12.8. The Kier molecular flexibility index (Phi) is 6.83. The second kappa shape index (κ2) is 7.25. The van der Waals surface area contributed by atoms with Crippen molar-refractivity contribution in [3.05, 3.63) is 12.2 Å². The standard InChI is InChI=1S/C11H12F9NO4S/c1-6(7(22)23)4-3-5-21(2)26(24,25)11(19,20)9(14,15)8(12,13)10(16,17)18/h1,3-5H2,2H3,(H,22,23). The summed E-state index contributed by atoms with van der Waals surface area (Å²) in [5.41, 5.74) is -0.503. The molecule has 0 aromatic carbocycles. The number of nitrogens with zero attached hydrogens (tertiary/aromatic N) is 1. The van der Waals surface area contributed by atoms with E-state index >= 15 is 0 Å². The number of carboxylic acid groups (broad SMARTS) is 1. The lowest BCUT2D eigenvalue weighted by molar-refractivity contribution is -0.382. The molecule has 0 aromatic rings. The van der Waals surface area contributed by atoms with E-state index < -0.39 is 68.5 Å². The van der Waals surface area contributed by atoms with Crippen LogP contribution in [0.1, 0.15) is 12.8 Å². The Bertz CT molecular complexity index is 657. The highest BCUT2D eigenvalue weighted by molar-refractivity contribution is 7.90. The zero-order chi connectivity index (χ0) is 21.4. The van der Waals surface area contributed by atoms with Crippen LogP contribution in [0.2, 0.25) is 0 Å². The molecule has 0 spiro atoms. The summed E-state index contributed by atoms with van der Waals surface area (Å²) in [6.45, 7) is 1.93. The summed E-state index contributed by atoms with van der Waals surface area (Å²) < 4.78 is 137. The van der Waals surface area contributed by atoms with Crippen LogP contribution in [0, 0.1) is 0 Å². The fourth-order valence-electron chi connectivity index (χ4n) is 1.46. The van der Waals surface area contributed by atoms with E-state index in [9.17, 15) is 52.7 Å². The number of aliphatic carboxylic acids is 1. The van der Waals surface area contributed by atoms with Crippen LogP contribution < -0.4 is 0 Å². The highest BCUT2D eigenvalue weighted by atomic mass is 32.2. The molecule has 0 unspecified atom stereocenters. The molecule has 15 heteroatoms.